The molecule has 0 aliphatic carbocycles. The van der Waals surface area contributed by atoms with Gasteiger partial charge in [0.1, 0.15) is 0 Å². The van der Waals surface area contributed by atoms with Gasteiger partial charge in [0.2, 0.25) is 0 Å². The van der Waals surface area contributed by atoms with E-state index in [9.17, 15) is 4.79 Å². The first-order valence-electron chi connectivity index (χ1n) is 3.77. The number of carboxylic acids is 1. The molecule has 1 rings (SSSR count). The van der Waals surface area contributed by atoms with Crippen LogP contribution in [0.25, 0.3) is 0 Å². The fourth-order valence-corrected chi connectivity index (χ4v) is 1.81. The Bertz CT molecular complexity index is 297. The Morgan fingerprint density at radius 1 is 1.46 bits per heavy atom. The Hall–Kier alpha value is -0.831. The molecule has 13 heavy (non-hydrogen) atoms. The average Bonchev–Trinajstić information content (AvgIpc) is 2.17. The predicted octanol–water partition coefficient (Wildman–Crippen LogP) is 0.149. The van der Waals surface area contributed by atoms with E-state index in [1.54, 1.807) is 12.1 Å². The molecule has 0 amide bonds. The van der Waals surface area contributed by atoms with Crippen LogP contribution in [0.3, 0.4) is 0 Å². The van der Waals surface area contributed by atoms with Crippen LogP contribution in [0.4, 0.5) is 0 Å². The molecule has 0 saturated carbocycles. The number of hydrogen-bond donors (Lipinski definition) is 2. The number of rotatable bonds is 3. The van der Waals surface area contributed by atoms with Gasteiger partial charge in [-0.25, -0.2) is 0 Å². The molecule has 4 heteroatoms. The first-order valence-corrected chi connectivity index (χ1v) is 6.34. The third-order valence-electron chi connectivity index (χ3n) is 1.74. The second kappa shape index (κ2) is 4.42. The Kier molecular flexibility index (Phi) is 3.48. The molecule has 0 aliphatic heterocycles. The van der Waals surface area contributed by atoms with Gasteiger partial charge in [0.05, 0.1) is 0 Å². The SMILES string of the molecule is C[Se]c1ccc(C(N)C(=O)O)cc1. The summed E-state index contributed by atoms with van der Waals surface area (Å²) in [5, 5.41) is 8.64. The normalized spacial score (nSPS) is 12.5. The van der Waals surface area contributed by atoms with Crippen molar-refractivity contribution in [3.8, 4) is 0 Å². The third kappa shape index (κ3) is 2.56. The number of aliphatic carboxylic acids is 1. The average molecular weight is 244 g/mol. The summed E-state index contributed by atoms with van der Waals surface area (Å²) in [6, 6.07) is 6.51. The summed E-state index contributed by atoms with van der Waals surface area (Å²) >= 11 is 0.450. The van der Waals surface area contributed by atoms with Crippen LogP contribution >= 0.6 is 0 Å². The summed E-state index contributed by atoms with van der Waals surface area (Å²) in [7, 11) is 0. The van der Waals surface area contributed by atoms with Gasteiger partial charge in [0.15, 0.2) is 0 Å². The number of nitrogens with two attached hydrogens (primary N) is 1. The summed E-state index contributed by atoms with van der Waals surface area (Å²) in [5.41, 5.74) is 6.09. The molecule has 0 heterocycles. The van der Waals surface area contributed by atoms with Crippen LogP contribution in [0.15, 0.2) is 24.3 Å². The van der Waals surface area contributed by atoms with Crippen LogP contribution in [0.1, 0.15) is 11.6 Å². The van der Waals surface area contributed by atoms with Crippen molar-refractivity contribution >= 4 is 25.4 Å². The van der Waals surface area contributed by atoms with Gasteiger partial charge in [-0.2, -0.15) is 0 Å². The molecule has 1 aromatic carbocycles. The maximum atomic E-state index is 10.5. The van der Waals surface area contributed by atoms with E-state index in [0.717, 1.165) is 0 Å². The van der Waals surface area contributed by atoms with Gasteiger partial charge >= 0.3 is 82.7 Å². The van der Waals surface area contributed by atoms with Crippen LogP contribution in [0.5, 0.6) is 0 Å². The topological polar surface area (TPSA) is 63.3 Å². The molecular formula is C9H11NO2Se. The Labute approximate surface area is 83.1 Å². The van der Waals surface area contributed by atoms with Crippen molar-refractivity contribution in [2.24, 2.45) is 5.73 Å². The van der Waals surface area contributed by atoms with Crippen LogP contribution in [-0.4, -0.2) is 26.0 Å². The van der Waals surface area contributed by atoms with E-state index in [1.165, 1.54) is 4.46 Å². The monoisotopic (exact) mass is 245 g/mol. The second-order valence-electron chi connectivity index (χ2n) is 2.59. The van der Waals surface area contributed by atoms with Crippen molar-refractivity contribution < 1.29 is 9.90 Å². The molecule has 0 saturated heterocycles. The van der Waals surface area contributed by atoms with Crippen molar-refractivity contribution in [1.29, 1.82) is 0 Å². The van der Waals surface area contributed by atoms with Crippen molar-refractivity contribution in [2.45, 2.75) is 11.9 Å². The molecule has 0 radical (unpaired) electrons. The van der Waals surface area contributed by atoms with Gasteiger partial charge in [-0.15, -0.1) is 0 Å². The van der Waals surface area contributed by atoms with Crippen molar-refractivity contribution in [3.63, 3.8) is 0 Å². The zero-order chi connectivity index (χ0) is 9.84. The molecule has 1 aromatic rings. The molecule has 1 atom stereocenters. The van der Waals surface area contributed by atoms with E-state index >= 15 is 0 Å². The first kappa shape index (κ1) is 10.3. The van der Waals surface area contributed by atoms with Gasteiger partial charge in [-0.3, -0.25) is 0 Å². The number of hydrogen-bond acceptors (Lipinski definition) is 2. The van der Waals surface area contributed by atoms with Gasteiger partial charge in [-0.1, -0.05) is 0 Å². The van der Waals surface area contributed by atoms with E-state index in [1.807, 2.05) is 12.1 Å². The van der Waals surface area contributed by atoms with Crippen LogP contribution < -0.4 is 10.2 Å². The van der Waals surface area contributed by atoms with Crippen LogP contribution in [0, 0.1) is 0 Å². The zero-order valence-electron chi connectivity index (χ0n) is 7.23. The van der Waals surface area contributed by atoms with E-state index in [4.69, 9.17) is 10.8 Å². The standard InChI is InChI=1S/C9H11NO2Se/c1-13-7-4-2-6(3-5-7)8(10)9(11)12/h2-5,8H,10H2,1H3,(H,11,12). The molecule has 3 nitrogen and oxygen atoms in total. The number of benzene rings is 1. The summed E-state index contributed by atoms with van der Waals surface area (Å²) < 4.78 is 1.24. The van der Waals surface area contributed by atoms with E-state index < -0.39 is 12.0 Å². The molecule has 70 valence electrons. The summed E-state index contributed by atoms with van der Waals surface area (Å²) in [4.78, 5) is 10.5. The van der Waals surface area contributed by atoms with Crippen molar-refractivity contribution in [2.75, 3.05) is 0 Å². The van der Waals surface area contributed by atoms with Gasteiger partial charge < -0.3 is 0 Å². The van der Waals surface area contributed by atoms with Crippen LogP contribution in [0.2, 0.25) is 5.82 Å². The molecule has 1 unspecified atom stereocenters. The first-order chi connectivity index (χ1) is 6.15. The van der Waals surface area contributed by atoms with Gasteiger partial charge in [-0.05, 0) is 0 Å². The van der Waals surface area contributed by atoms with Gasteiger partial charge in [0.25, 0.3) is 0 Å². The second-order valence-corrected chi connectivity index (χ2v) is 4.43. The fourth-order valence-electron chi connectivity index (χ4n) is 0.954. The fraction of sp³-hybridized carbons (Fsp3) is 0.222. The summed E-state index contributed by atoms with van der Waals surface area (Å²) in [6.07, 6.45) is 0. The predicted molar refractivity (Wildman–Crippen MR) is 52.3 cm³/mol. The molecule has 0 fully saturated rings. The molecular weight excluding hydrogens is 233 g/mol. The third-order valence-corrected chi connectivity index (χ3v) is 3.30. The summed E-state index contributed by atoms with van der Waals surface area (Å²) in [5.74, 6) is 1.12. The molecule has 0 bridgehead atoms. The van der Waals surface area contributed by atoms with Gasteiger partial charge in [0, 0.05) is 0 Å². The van der Waals surface area contributed by atoms with Crippen LogP contribution in [-0.2, 0) is 4.79 Å². The minimum atomic E-state index is -0.991. The Balaban J connectivity index is 2.85. The van der Waals surface area contributed by atoms with Crippen molar-refractivity contribution in [1.82, 2.24) is 0 Å². The molecule has 0 aliphatic rings. The quantitative estimate of drug-likeness (QED) is 0.744. The van der Waals surface area contributed by atoms with E-state index in [-0.39, 0.29) is 0 Å². The van der Waals surface area contributed by atoms with Crippen molar-refractivity contribution in [3.05, 3.63) is 29.8 Å². The molecule has 0 aromatic heterocycles. The molecule has 0 spiro atoms. The minimum absolute atomic E-state index is 0.450. The summed E-state index contributed by atoms with van der Waals surface area (Å²) in [6.45, 7) is 0. The number of carboxylic acid groups (broad SMARTS) is 1. The van der Waals surface area contributed by atoms with E-state index in [2.05, 4.69) is 5.82 Å². The molecule has 3 N–H and O–H groups in total. The zero-order valence-corrected chi connectivity index (χ0v) is 8.94. The number of carbonyl (C=O) groups is 1. The Morgan fingerprint density at radius 3 is 2.38 bits per heavy atom. The van der Waals surface area contributed by atoms with E-state index in [0.29, 0.717) is 20.5 Å². The maximum absolute atomic E-state index is 10.5. The Morgan fingerprint density at radius 2 is 2.00 bits per heavy atom.